The molecule has 0 aromatic heterocycles. The van der Waals surface area contributed by atoms with Crippen LogP contribution in [0.15, 0.2) is 0 Å². The van der Waals surface area contributed by atoms with Crippen molar-refractivity contribution in [2.75, 3.05) is 31.6 Å². The van der Waals surface area contributed by atoms with E-state index in [-0.39, 0.29) is 24.4 Å². The normalized spacial score (nSPS) is 19.8. The van der Waals surface area contributed by atoms with E-state index in [4.69, 9.17) is 0 Å². The van der Waals surface area contributed by atoms with Gasteiger partial charge in [0.1, 0.15) is 6.04 Å². The number of piperazine rings is 1. The summed E-state index contributed by atoms with van der Waals surface area (Å²) in [6.07, 6.45) is 5.47. The van der Waals surface area contributed by atoms with Gasteiger partial charge in [0.15, 0.2) is 0 Å². The predicted octanol–water partition coefficient (Wildman–Crippen LogP) is -0.276. The van der Waals surface area contributed by atoms with Gasteiger partial charge in [0, 0.05) is 13.1 Å². The van der Waals surface area contributed by atoms with Gasteiger partial charge in [-0.15, -0.1) is 0 Å². The predicted molar refractivity (Wildman–Crippen MR) is 70.0 cm³/mol. The van der Waals surface area contributed by atoms with Crippen LogP contribution in [-0.2, 0) is 9.59 Å². The quantitative estimate of drug-likeness (QED) is 0.550. The molecule has 5 nitrogen and oxygen atoms in total. The molecule has 0 aromatic carbocycles. The molecule has 1 atom stereocenters. The van der Waals surface area contributed by atoms with E-state index in [1.165, 1.54) is 12.2 Å². The highest BCUT2D eigenvalue weighted by Crippen LogP contribution is 2.01. The third-order valence-corrected chi connectivity index (χ3v) is 3.35. The number of hydrogen-bond acceptors (Lipinski definition) is 4. The van der Waals surface area contributed by atoms with Crippen molar-refractivity contribution in [3.63, 3.8) is 0 Å². The van der Waals surface area contributed by atoms with Crippen LogP contribution in [0.3, 0.4) is 0 Å². The molecule has 6 heteroatoms. The molecule has 3 N–H and O–H groups in total. The Balaban J connectivity index is 2.03. The van der Waals surface area contributed by atoms with Crippen LogP contribution in [0.5, 0.6) is 0 Å². The Labute approximate surface area is 106 Å². The first-order valence-corrected chi connectivity index (χ1v) is 7.40. The van der Waals surface area contributed by atoms with E-state index in [1.807, 2.05) is 11.8 Å². The zero-order valence-electron chi connectivity index (χ0n) is 10.3. The smallest absolute Gasteiger partial charge is 0.238 e. The summed E-state index contributed by atoms with van der Waals surface area (Å²) in [5.74, 6) is 1.12. The summed E-state index contributed by atoms with van der Waals surface area (Å²) in [4.78, 5) is 22.5. The molecule has 1 aliphatic heterocycles. The first-order valence-electron chi connectivity index (χ1n) is 6.00. The lowest BCUT2D eigenvalue weighted by atomic mass is 10.2. The minimum absolute atomic E-state index is 0.0186. The Morgan fingerprint density at radius 2 is 2.29 bits per heavy atom. The van der Waals surface area contributed by atoms with Crippen LogP contribution in [-0.4, -0.2) is 49.5 Å². The molecule has 2 amide bonds. The van der Waals surface area contributed by atoms with Crippen molar-refractivity contribution in [2.24, 2.45) is 0 Å². The standard InChI is InChI=1S/C11H21N3O2S/c1-17-6-4-2-3-5-12-11(16)9-7-14-10(15)8-13-9/h9,13H,2-8H2,1H3,(H,12,16)(H,14,15). The molecule has 1 rings (SSSR count). The van der Waals surface area contributed by atoms with Crippen LogP contribution >= 0.6 is 11.8 Å². The summed E-state index contributed by atoms with van der Waals surface area (Å²) in [6, 6.07) is -0.279. The van der Waals surface area contributed by atoms with Crippen LogP contribution in [0, 0.1) is 0 Å². The summed E-state index contributed by atoms with van der Waals surface area (Å²) >= 11 is 1.85. The lowest BCUT2D eigenvalue weighted by molar-refractivity contribution is -0.126. The van der Waals surface area contributed by atoms with Crippen LogP contribution < -0.4 is 16.0 Å². The molecule has 1 heterocycles. The van der Waals surface area contributed by atoms with Gasteiger partial charge >= 0.3 is 0 Å². The Bertz CT molecular complexity index is 251. The van der Waals surface area contributed by atoms with Gasteiger partial charge in [-0.1, -0.05) is 6.42 Å². The highest BCUT2D eigenvalue weighted by atomic mass is 32.2. The molecule has 17 heavy (non-hydrogen) atoms. The second-order valence-corrected chi connectivity index (χ2v) is 5.07. The molecule has 1 fully saturated rings. The Morgan fingerprint density at radius 1 is 1.47 bits per heavy atom. The van der Waals surface area contributed by atoms with Crippen molar-refractivity contribution in [1.29, 1.82) is 0 Å². The summed E-state index contributed by atoms with van der Waals surface area (Å²) in [5, 5.41) is 8.45. The SMILES string of the molecule is CSCCCCCNC(=O)C1CNC(=O)CN1. The van der Waals surface area contributed by atoms with Crippen molar-refractivity contribution in [3.05, 3.63) is 0 Å². The topological polar surface area (TPSA) is 70.2 Å². The van der Waals surface area contributed by atoms with Gasteiger partial charge in [0.2, 0.25) is 11.8 Å². The zero-order chi connectivity index (χ0) is 12.5. The molecule has 0 radical (unpaired) electrons. The summed E-state index contributed by atoms with van der Waals surface area (Å²) in [7, 11) is 0. The molecule has 0 aromatic rings. The zero-order valence-corrected chi connectivity index (χ0v) is 11.1. The number of hydrogen-bond donors (Lipinski definition) is 3. The average Bonchev–Trinajstić information content (AvgIpc) is 2.34. The molecule has 1 aliphatic rings. The van der Waals surface area contributed by atoms with Crippen LogP contribution in [0.4, 0.5) is 0 Å². The lowest BCUT2D eigenvalue weighted by Crippen LogP contribution is -2.58. The van der Waals surface area contributed by atoms with Crippen molar-refractivity contribution < 1.29 is 9.59 Å². The number of rotatable bonds is 7. The molecule has 0 saturated carbocycles. The van der Waals surface area contributed by atoms with Gasteiger partial charge in [-0.05, 0) is 24.9 Å². The third-order valence-electron chi connectivity index (χ3n) is 2.65. The highest BCUT2D eigenvalue weighted by molar-refractivity contribution is 7.98. The van der Waals surface area contributed by atoms with E-state index >= 15 is 0 Å². The van der Waals surface area contributed by atoms with Crippen LogP contribution in [0.1, 0.15) is 19.3 Å². The van der Waals surface area contributed by atoms with E-state index < -0.39 is 0 Å². The minimum Gasteiger partial charge on any atom is -0.355 e. The Kier molecular flexibility index (Phi) is 7.04. The highest BCUT2D eigenvalue weighted by Gasteiger charge is 2.22. The van der Waals surface area contributed by atoms with Crippen molar-refractivity contribution >= 4 is 23.6 Å². The summed E-state index contributed by atoms with van der Waals surface area (Å²) in [6.45, 7) is 1.34. The second kappa shape index (κ2) is 8.36. The van der Waals surface area contributed by atoms with Crippen molar-refractivity contribution in [2.45, 2.75) is 25.3 Å². The number of carbonyl (C=O) groups is 2. The monoisotopic (exact) mass is 259 g/mol. The van der Waals surface area contributed by atoms with Crippen LogP contribution in [0.2, 0.25) is 0 Å². The number of carbonyl (C=O) groups excluding carboxylic acids is 2. The van der Waals surface area contributed by atoms with Gasteiger partial charge in [0.25, 0.3) is 0 Å². The van der Waals surface area contributed by atoms with E-state index in [9.17, 15) is 9.59 Å². The molecule has 1 unspecified atom stereocenters. The number of unbranched alkanes of at least 4 members (excludes halogenated alkanes) is 2. The average molecular weight is 259 g/mol. The Hall–Kier alpha value is -0.750. The van der Waals surface area contributed by atoms with E-state index in [0.717, 1.165) is 19.4 Å². The second-order valence-electron chi connectivity index (χ2n) is 4.08. The molecule has 98 valence electrons. The van der Waals surface area contributed by atoms with Crippen molar-refractivity contribution in [1.82, 2.24) is 16.0 Å². The van der Waals surface area contributed by atoms with E-state index in [1.54, 1.807) is 0 Å². The fraction of sp³-hybridized carbons (Fsp3) is 0.818. The van der Waals surface area contributed by atoms with Crippen molar-refractivity contribution in [3.8, 4) is 0 Å². The maximum atomic E-state index is 11.7. The fourth-order valence-electron chi connectivity index (χ4n) is 1.63. The van der Waals surface area contributed by atoms with E-state index in [2.05, 4.69) is 22.2 Å². The minimum atomic E-state index is -0.279. The summed E-state index contributed by atoms with van der Waals surface area (Å²) < 4.78 is 0. The molecule has 0 bridgehead atoms. The maximum absolute atomic E-state index is 11.7. The number of nitrogens with one attached hydrogen (secondary N) is 3. The molecule has 0 spiro atoms. The van der Waals surface area contributed by atoms with Gasteiger partial charge in [-0.25, -0.2) is 0 Å². The number of thioether (sulfide) groups is 1. The summed E-state index contributed by atoms with van der Waals surface area (Å²) in [5.41, 5.74) is 0. The fourth-order valence-corrected chi connectivity index (χ4v) is 2.13. The molecule has 0 aliphatic carbocycles. The molecular weight excluding hydrogens is 238 g/mol. The first-order chi connectivity index (χ1) is 8.24. The largest absolute Gasteiger partial charge is 0.355 e. The molecule has 1 saturated heterocycles. The lowest BCUT2D eigenvalue weighted by Gasteiger charge is -2.23. The maximum Gasteiger partial charge on any atom is 0.238 e. The van der Waals surface area contributed by atoms with Crippen LogP contribution in [0.25, 0.3) is 0 Å². The molecular formula is C11H21N3O2S. The van der Waals surface area contributed by atoms with Gasteiger partial charge < -0.3 is 10.6 Å². The van der Waals surface area contributed by atoms with Gasteiger partial charge in [-0.2, -0.15) is 11.8 Å². The third kappa shape index (κ3) is 5.93. The number of amides is 2. The Morgan fingerprint density at radius 3 is 2.94 bits per heavy atom. The van der Waals surface area contributed by atoms with Gasteiger partial charge in [-0.3, -0.25) is 14.9 Å². The van der Waals surface area contributed by atoms with Gasteiger partial charge in [0.05, 0.1) is 6.54 Å². The first kappa shape index (κ1) is 14.3. The van der Waals surface area contributed by atoms with E-state index in [0.29, 0.717) is 6.54 Å².